The summed E-state index contributed by atoms with van der Waals surface area (Å²) in [4.78, 5) is 51.7. The first-order valence-electron chi connectivity index (χ1n) is 27.4. The number of carbonyl (C=O) groups is 4. The van der Waals surface area contributed by atoms with Crippen molar-refractivity contribution in [1.29, 1.82) is 0 Å². The second-order valence-electron chi connectivity index (χ2n) is 21.4. The lowest BCUT2D eigenvalue weighted by atomic mass is 9.82. The first-order chi connectivity index (χ1) is 37.9. The predicted octanol–water partition coefficient (Wildman–Crippen LogP) is 2.75. The number of rotatable bonds is 11. The van der Waals surface area contributed by atoms with Crippen LogP contribution in [0.25, 0.3) is 0 Å². The molecule has 2 saturated heterocycles. The Balaban J connectivity index is 1.54. The summed E-state index contributed by atoms with van der Waals surface area (Å²) in [6.07, 6.45) is 1.86. The number of aliphatic hydroxyl groups excluding tert-OH is 9. The first kappa shape index (κ1) is 67.4. The van der Waals surface area contributed by atoms with Crippen LogP contribution in [0.4, 0.5) is 5.69 Å². The van der Waals surface area contributed by atoms with Crippen molar-refractivity contribution < 1.29 is 94.3 Å². The highest BCUT2D eigenvalue weighted by atomic mass is 16.7. The van der Waals surface area contributed by atoms with E-state index in [9.17, 15) is 75.3 Å². The molecule has 446 valence electrons. The van der Waals surface area contributed by atoms with E-state index in [1.165, 1.54) is 13.0 Å². The van der Waals surface area contributed by atoms with Gasteiger partial charge in [0.25, 0.3) is 0 Å². The molecule has 4 rings (SSSR count). The molecule has 19 atom stereocenters. The maximum atomic E-state index is 13.3. The van der Waals surface area contributed by atoms with Crippen molar-refractivity contribution in [2.45, 2.75) is 195 Å². The van der Waals surface area contributed by atoms with Gasteiger partial charge in [-0.1, -0.05) is 98.9 Å². The number of nitrogens with one attached hydrogen (secondary N) is 1. The SMILES string of the molecule is CNc1ccc(C(=O)CC(O)CCC(C)C2OC(=O)CC(O)CC(=O)CC(O)CC(O)CC(O)CC(O)CC3(O)CC(O)C(C(=O)O)C(CC(OC4OC(C)C(O)C(N)C4O)C=CC=CC=CC=CC=CC=CC=CC2C)O3)cc1. The fourth-order valence-electron chi connectivity index (χ4n) is 10.1. The number of esters is 1. The van der Waals surface area contributed by atoms with Crippen molar-refractivity contribution >= 4 is 29.2 Å². The van der Waals surface area contributed by atoms with E-state index < -0.39 is 172 Å². The Kier molecular flexibility index (Phi) is 28.4. The van der Waals surface area contributed by atoms with Gasteiger partial charge in [-0.15, -0.1) is 0 Å². The largest absolute Gasteiger partial charge is 0.481 e. The number of hydrogen-bond acceptors (Lipinski definition) is 20. The van der Waals surface area contributed by atoms with Gasteiger partial charge in [0.1, 0.15) is 23.9 Å². The van der Waals surface area contributed by atoms with Crippen LogP contribution in [0.5, 0.6) is 0 Å². The molecule has 21 heteroatoms. The molecule has 3 heterocycles. The van der Waals surface area contributed by atoms with Crippen molar-refractivity contribution in [2.75, 3.05) is 12.4 Å². The number of fused-ring (bicyclic) bond motifs is 2. The number of ketones is 2. The lowest BCUT2D eigenvalue weighted by molar-refractivity contribution is -0.308. The van der Waals surface area contributed by atoms with Gasteiger partial charge in [-0.05, 0) is 69.2 Å². The number of anilines is 1. The minimum atomic E-state index is -2.34. The molecule has 3 aliphatic rings. The van der Waals surface area contributed by atoms with E-state index in [-0.39, 0.29) is 36.9 Å². The smallest absolute Gasteiger partial charge is 0.311 e. The van der Waals surface area contributed by atoms with Crippen molar-refractivity contribution in [2.24, 2.45) is 23.5 Å². The van der Waals surface area contributed by atoms with Crippen molar-refractivity contribution in [1.82, 2.24) is 0 Å². The Morgan fingerprint density at radius 2 is 1.27 bits per heavy atom. The summed E-state index contributed by atoms with van der Waals surface area (Å²) in [5.41, 5.74) is 7.35. The maximum absolute atomic E-state index is 13.3. The van der Waals surface area contributed by atoms with Crippen LogP contribution in [0.3, 0.4) is 0 Å². The van der Waals surface area contributed by atoms with E-state index >= 15 is 0 Å². The Bertz CT molecular complexity index is 2300. The van der Waals surface area contributed by atoms with E-state index in [1.807, 2.05) is 19.9 Å². The summed E-state index contributed by atoms with van der Waals surface area (Å²) < 4.78 is 23.7. The summed E-state index contributed by atoms with van der Waals surface area (Å²) in [6, 6.07) is 5.74. The van der Waals surface area contributed by atoms with Gasteiger partial charge in [-0.3, -0.25) is 19.2 Å². The Labute approximate surface area is 468 Å². The monoisotopic (exact) mass is 1130 g/mol. The molecule has 19 unspecified atom stereocenters. The van der Waals surface area contributed by atoms with Crippen molar-refractivity contribution in [3.05, 3.63) is 115 Å². The Morgan fingerprint density at radius 3 is 1.86 bits per heavy atom. The zero-order valence-electron chi connectivity index (χ0n) is 46.0. The fraction of sp³-hybridized carbons (Fsp3) is 0.593. The third kappa shape index (κ3) is 23.0. The molecule has 3 aliphatic heterocycles. The third-order valence-electron chi connectivity index (χ3n) is 14.4. The number of hydrogen-bond donors (Lipinski definition) is 13. The molecule has 2 fully saturated rings. The number of nitrogens with two attached hydrogens (primary N) is 1. The molecule has 80 heavy (non-hydrogen) atoms. The van der Waals surface area contributed by atoms with Crippen molar-refractivity contribution in [3.63, 3.8) is 0 Å². The van der Waals surface area contributed by atoms with Crippen LogP contribution in [0, 0.1) is 17.8 Å². The molecule has 0 amide bonds. The summed E-state index contributed by atoms with van der Waals surface area (Å²) in [7, 11) is 1.77. The van der Waals surface area contributed by atoms with Gasteiger partial charge >= 0.3 is 11.9 Å². The topological polar surface area (TPSA) is 366 Å². The van der Waals surface area contributed by atoms with Crippen LogP contribution < -0.4 is 11.1 Å². The van der Waals surface area contributed by atoms with Crippen LogP contribution in [-0.2, 0) is 33.3 Å². The highest BCUT2D eigenvalue weighted by Crippen LogP contribution is 2.38. The van der Waals surface area contributed by atoms with E-state index in [0.717, 1.165) is 5.69 Å². The number of ether oxygens (including phenoxy) is 4. The van der Waals surface area contributed by atoms with E-state index in [2.05, 4.69) is 5.32 Å². The average Bonchev–Trinajstić information content (AvgIpc) is 3.48. The molecule has 21 nitrogen and oxygen atoms in total. The van der Waals surface area contributed by atoms with Gasteiger partial charge < -0.3 is 86.2 Å². The Hall–Kier alpha value is -5.08. The van der Waals surface area contributed by atoms with Crippen LogP contribution in [0.2, 0.25) is 0 Å². The van der Waals surface area contributed by atoms with Gasteiger partial charge in [0, 0.05) is 62.7 Å². The molecule has 2 bridgehead atoms. The number of carbonyl (C=O) groups excluding carboxylic acids is 3. The third-order valence-corrected chi connectivity index (χ3v) is 14.4. The normalized spacial score (nSPS) is 35.2. The number of benzene rings is 1. The van der Waals surface area contributed by atoms with Gasteiger partial charge in [0.15, 0.2) is 17.9 Å². The molecule has 0 aliphatic carbocycles. The second-order valence-corrected chi connectivity index (χ2v) is 21.4. The number of allylic oxidation sites excluding steroid dienone is 12. The molecule has 1 aromatic rings. The highest BCUT2D eigenvalue weighted by Gasteiger charge is 2.51. The zero-order chi connectivity index (χ0) is 59.1. The standard InChI is InChI=1S/C59H86N2O19/c1-35-17-15-13-11-9-7-5-6-8-10-12-14-16-18-47(78-58-55(73)53(60)54(72)37(3)77-58)32-50-52(57(74)75)49(70)34-59(76,80-50)33-46(68)29-44(66)27-42(64)25-41(63)26-43(65)28-45(67)31-51(71)79-56(35)36(2)19-24-40(62)30-48(69)38-20-22-39(61-4)23-21-38/h5-18,20-23,35-37,40-42,44-47,49-50,52-56,58,61-64,66-68,70,72-73,76H,19,24-34,60H2,1-4H3,(H,74,75). The molecule has 14 N–H and O–H groups in total. The molecular weight excluding hydrogens is 1040 g/mol. The average molecular weight is 1130 g/mol. The summed E-state index contributed by atoms with van der Waals surface area (Å²) >= 11 is 0. The van der Waals surface area contributed by atoms with Crippen LogP contribution in [-0.4, -0.2) is 184 Å². The van der Waals surface area contributed by atoms with E-state index in [4.69, 9.17) is 24.7 Å². The number of aliphatic hydroxyl groups is 10. The second kappa shape index (κ2) is 33.7. The lowest BCUT2D eigenvalue weighted by Crippen LogP contribution is -2.61. The fourth-order valence-corrected chi connectivity index (χ4v) is 10.1. The van der Waals surface area contributed by atoms with Gasteiger partial charge in [-0.2, -0.15) is 0 Å². The number of cyclic esters (lactones) is 1. The Morgan fingerprint density at radius 1 is 0.725 bits per heavy atom. The summed E-state index contributed by atoms with van der Waals surface area (Å²) in [5.74, 6) is -7.75. The number of aliphatic carboxylic acids is 1. The van der Waals surface area contributed by atoms with Crippen LogP contribution in [0.1, 0.15) is 108 Å². The van der Waals surface area contributed by atoms with Crippen LogP contribution >= 0.6 is 0 Å². The molecule has 0 radical (unpaired) electrons. The zero-order valence-corrected chi connectivity index (χ0v) is 46.0. The number of carboxylic acids is 1. The molecule has 0 spiro atoms. The van der Waals surface area contributed by atoms with Gasteiger partial charge in [-0.25, -0.2) is 0 Å². The molecular formula is C59H86N2O19. The minimum absolute atomic E-state index is 0.106. The van der Waals surface area contributed by atoms with E-state index in [0.29, 0.717) is 12.0 Å². The molecule has 0 aromatic heterocycles. The quantitative estimate of drug-likeness (QED) is 0.112. The first-order valence-corrected chi connectivity index (χ1v) is 27.4. The highest BCUT2D eigenvalue weighted by molar-refractivity contribution is 5.96. The van der Waals surface area contributed by atoms with E-state index in [1.54, 1.807) is 104 Å². The number of carboxylic acid groups (broad SMARTS) is 1. The van der Waals surface area contributed by atoms with Crippen LogP contribution in [0.15, 0.2) is 109 Å². The van der Waals surface area contributed by atoms with Crippen molar-refractivity contribution in [3.8, 4) is 0 Å². The van der Waals surface area contributed by atoms with Gasteiger partial charge in [0.2, 0.25) is 0 Å². The predicted molar refractivity (Wildman–Crippen MR) is 295 cm³/mol. The lowest BCUT2D eigenvalue weighted by Gasteiger charge is -2.45. The summed E-state index contributed by atoms with van der Waals surface area (Å²) in [5, 5.41) is 122. The summed E-state index contributed by atoms with van der Waals surface area (Å²) in [6.45, 7) is 5.22. The maximum Gasteiger partial charge on any atom is 0.311 e. The molecule has 1 aromatic carbocycles. The van der Waals surface area contributed by atoms with Gasteiger partial charge in [0.05, 0.1) is 79.6 Å². The number of Topliss-reactive ketones (excluding diaryl/α,β-unsaturated/α-hetero) is 2. The molecule has 0 saturated carbocycles. The minimum Gasteiger partial charge on any atom is -0.481 e.